The van der Waals surface area contributed by atoms with Crippen molar-refractivity contribution in [2.45, 2.75) is 45.4 Å². The topological polar surface area (TPSA) is 46.6 Å². The minimum Gasteiger partial charge on any atom is -0.468 e. The number of hydrogen-bond acceptors (Lipinski definition) is 3. The van der Waals surface area contributed by atoms with Crippen molar-refractivity contribution in [3.63, 3.8) is 0 Å². The van der Waals surface area contributed by atoms with Gasteiger partial charge in [-0.1, -0.05) is 6.92 Å². The Morgan fingerprint density at radius 1 is 1.05 bits per heavy atom. The van der Waals surface area contributed by atoms with Gasteiger partial charge in [0, 0.05) is 12.5 Å². The van der Waals surface area contributed by atoms with Crippen molar-refractivity contribution in [2.24, 2.45) is 29.6 Å². The first-order valence-corrected chi connectivity index (χ1v) is 8.48. The summed E-state index contributed by atoms with van der Waals surface area (Å²) in [5.74, 6) is 2.98. The Balaban J connectivity index is 1.71. The van der Waals surface area contributed by atoms with Crippen molar-refractivity contribution >= 4 is 11.9 Å². The lowest BCUT2D eigenvalue weighted by atomic mass is 9.51. The molecule has 0 aromatic carbocycles. The summed E-state index contributed by atoms with van der Waals surface area (Å²) in [4.78, 5) is 26.3. The second kappa shape index (κ2) is 5.98. The van der Waals surface area contributed by atoms with Gasteiger partial charge in [-0.15, -0.1) is 0 Å². The highest BCUT2D eigenvalue weighted by atomic mass is 16.5. The van der Waals surface area contributed by atoms with E-state index in [1.54, 1.807) is 4.90 Å². The molecule has 0 spiro atoms. The van der Waals surface area contributed by atoms with Crippen LogP contribution in [0.25, 0.3) is 0 Å². The van der Waals surface area contributed by atoms with Gasteiger partial charge in [0.2, 0.25) is 5.91 Å². The zero-order valence-electron chi connectivity index (χ0n) is 13.2. The molecule has 0 atom stereocenters. The van der Waals surface area contributed by atoms with Gasteiger partial charge in [0.25, 0.3) is 0 Å². The lowest BCUT2D eigenvalue weighted by Gasteiger charge is -2.54. The van der Waals surface area contributed by atoms with E-state index in [0.29, 0.717) is 18.4 Å². The first-order chi connectivity index (χ1) is 10.1. The van der Waals surface area contributed by atoms with E-state index in [0.717, 1.165) is 18.3 Å². The minimum atomic E-state index is -0.305. The number of hydrogen-bond donors (Lipinski definition) is 0. The molecule has 1 amide bonds. The van der Waals surface area contributed by atoms with Crippen LogP contribution < -0.4 is 0 Å². The Hall–Kier alpha value is -1.06. The maximum atomic E-state index is 13.0. The summed E-state index contributed by atoms with van der Waals surface area (Å²) in [5, 5.41) is 0. The van der Waals surface area contributed by atoms with E-state index in [9.17, 15) is 9.59 Å². The number of carbonyl (C=O) groups is 2. The lowest BCUT2D eigenvalue weighted by Crippen LogP contribution is -2.52. The molecule has 0 unspecified atom stereocenters. The maximum Gasteiger partial charge on any atom is 0.325 e. The van der Waals surface area contributed by atoms with Gasteiger partial charge in [-0.05, 0) is 62.2 Å². The van der Waals surface area contributed by atoms with Crippen LogP contribution in [0.2, 0.25) is 0 Å². The van der Waals surface area contributed by atoms with Crippen molar-refractivity contribution in [2.75, 3.05) is 20.2 Å². The van der Waals surface area contributed by atoms with E-state index in [4.69, 9.17) is 4.74 Å². The molecule has 0 N–H and O–H groups in total. The normalized spacial score (nSPS) is 36.6. The first-order valence-electron chi connectivity index (χ1n) is 8.48. The summed E-state index contributed by atoms with van der Waals surface area (Å²) in [6, 6.07) is 0. The Morgan fingerprint density at radius 2 is 1.62 bits per heavy atom. The SMILES string of the molecule is CCCN(CC(=O)OC)C(=O)C1C2CC3CC(C2)CC1C3. The van der Waals surface area contributed by atoms with Crippen LogP contribution in [0.4, 0.5) is 0 Å². The molecule has 0 saturated heterocycles. The molecule has 4 fully saturated rings. The molecule has 4 rings (SSSR count). The van der Waals surface area contributed by atoms with Gasteiger partial charge in [-0.25, -0.2) is 0 Å². The Kier molecular flexibility index (Phi) is 4.23. The highest BCUT2D eigenvalue weighted by Gasteiger charge is 2.51. The molecule has 4 saturated carbocycles. The molecule has 118 valence electrons. The number of rotatable bonds is 5. The molecular weight excluding hydrogens is 266 g/mol. The molecular formula is C17H27NO3. The average Bonchev–Trinajstić information content (AvgIpc) is 2.45. The second-order valence-electron chi connectivity index (χ2n) is 7.29. The van der Waals surface area contributed by atoms with Crippen LogP contribution in [0.15, 0.2) is 0 Å². The van der Waals surface area contributed by atoms with Gasteiger partial charge in [0.1, 0.15) is 6.54 Å². The number of amides is 1. The summed E-state index contributed by atoms with van der Waals surface area (Å²) in [7, 11) is 1.39. The van der Waals surface area contributed by atoms with Crippen LogP contribution in [0, 0.1) is 29.6 Å². The number of esters is 1. The van der Waals surface area contributed by atoms with E-state index in [-0.39, 0.29) is 24.3 Å². The van der Waals surface area contributed by atoms with Crippen LogP contribution in [-0.4, -0.2) is 37.0 Å². The zero-order valence-corrected chi connectivity index (χ0v) is 13.2. The van der Waals surface area contributed by atoms with Gasteiger partial charge in [0.05, 0.1) is 7.11 Å². The van der Waals surface area contributed by atoms with Crippen molar-refractivity contribution in [1.82, 2.24) is 4.90 Å². The average molecular weight is 293 g/mol. The predicted molar refractivity (Wildman–Crippen MR) is 79.4 cm³/mol. The fourth-order valence-corrected chi connectivity index (χ4v) is 5.30. The summed E-state index contributed by atoms with van der Waals surface area (Å²) in [6.45, 7) is 2.83. The second-order valence-corrected chi connectivity index (χ2v) is 7.29. The smallest absolute Gasteiger partial charge is 0.325 e. The third-order valence-electron chi connectivity index (χ3n) is 5.86. The number of carbonyl (C=O) groups excluding carboxylic acids is 2. The molecule has 21 heavy (non-hydrogen) atoms. The highest BCUT2D eigenvalue weighted by molar-refractivity contribution is 5.84. The van der Waals surface area contributed by atoms with E-state index in [1.165, 1.54) is 39.2 Å². The zero-order chi connectivity index (χ0) is 15.0. The van der Waals surface area contributed by atoms with Crippen LogP contribution in [0.5, 0.6) is 0 Å². The molecule has 4 aliphatic rings. The molecule has 0 heterocycles. The van der Waals surface area contributed by atoms with Gasteiger partial charge in [0.15, 0.2) is 0 Å². The summed E-state index contributed by atoms with van der Waals surface area (Å²) in [6.07, 6.45) is 7.23. The molecule has 0 aromatic heterocycles. The summed E-state index contributed by atoms with van der Waals surface area (Å²) >= 11 is 0. The van der Waals surface area contributed by atoms with Gasteiger partial charge >= 0.3 is 5.97 Å². The minimum absolute atomic E-state index is 0.117. The Labute approximate surface area is 127 Å². The van der Waals surface area contributed by atoms with Gasteiger partial charge in [-0.2, -0.15) is 0 Å². The molecule has 4 aliphatic carbocycles. The molecule has 4 heteroatoms. The Morgan fingerprint density at radius 3 is 2.10 bits per heavy atom. The lowest BCUT2D eigenvalue weighted by molar-refractivity contribution is -0.155. The quantitative estimate of drug-likeness (QED) is 0.732. The molecule has 0 aliphatic heterocycles. The summed E-state index contributed by atoms with van der Waals surface area (Å²) in [5.41, 5.74) is 0. The highest BCUT2D eigenvalue weighted by Crippen LogP contribution is 2.56. The van der Waals surface area contributed by atoms with Crippen molar-refractivity contribution in [3.05, 3.63) is 0 Å². The van der Waals surface area contributed by atoms with Crippen molar-refractivity contribution in [3.8, 4) is 0 Å². The standard InChI is InChI=1S/C17H27NO3/c1-3-4-18(10-15(19)21-2)17(20)16-13-6-11-5-12(8-13)9-14(16)7-11/h11-14,16H,3-10H2,1-2H3. The fraction of sp³-hybridized carbons (Fsp3) is 0.882. The number of nitrogens with zero attached hydrogens (tertiary/aromatic N) is 1. The van der Waals surface area contributed by atoms with Crippen LogP contribution in [-0.2, 0) is 14.3 Å². The molecule has 4 bridgehead atoms. The van der Waals surface area contributed by atoms with E-state index in [1.807, 2.05) is 0 Å². The number of ether oxygens (including phenoxy) is 1. The largest absolute Gasteiger partial charge is 0.468 e. The molecule has 0 aromatic rings. The van der Waals surface area contributed by atoms with Gasteiger partial charge < -0.3 is 9.64 Å². The maximum absolute atomic E-state index is 13.0. The predicted octanol–water partition coefficient (Wildman–Crippen LogP) is 2.47. The van der Waals surface area contributed by atoms with Crippen LogP contribution in [0.3, 0.4) is 0 Å². The fourth-order valence-electron chi connectivity index (χ4n) is 5.30. The monoisotopic (exact) mass is 293 g/mol. The third-order valence-corrected chi connectivity index (χ3v) is 5.86. The Bertz CT molecular complexity index is 392. The summed E-state index contributed by atoms with van der Waals surface area (Å²) < 4.78 is 4.75. The van der Waals surface area contributed by atoms with E-state index < -0.39 is 0 Å². The first kappa shape index (κ1) is 14.9. The van der Waals surface area contributed by atoms with E-state index in [2.05, 4.69) is 6.92 Å². The third kappa shape index (κ3) is 2.82. The number of methoxy groups -OCH3 is 1. The molecule has 0 radical (unpaired) electrons. The van der Waals surface area contributed by atoms with E-state index >= 15 is 0 Å². The van der Waals surface area contributed by atoms with Crippen LogP contribution in [0.1, 0.15) is 45.4 Å². The van der Waals surface area contributed by atoms with Crippen molar-refractivity contribution < 1.29 is 14.3 Å². The van der Waals surface area contributed by atoms with Gasteiger partial charge in [-0.3, -0.25) is 9.59 Å². The van der Waals surface area contributed by atoms with Crippen molar-refractivity contribution in [1.29, 1.82) is 0 Å². The molecule has 4 nitrogen and oxygen atoms in total. The van der Waals surface area contributed by atoms with Crippen LogP contribution >= 0.6 is 0 Å².